The fourth-order valence-electron chi connectivity index (χ4n) is 6.35. The molecule has 5 rings (SSSR count). The maximum absolute atomic E-state index is 14.7. The number of carbonyl (C=O) groups is 1. The van der Waals surface area contributed by atoms with E-state index in [-0.39, 0.29) is 24.0 Å². The van der Waals surface area contributed by atoms with Crippen LogP contribution in [0.5, 0.6) is 0 Å². The number of hydrogen-bond donors (Lipinski definition) is 1. The molecule has 0 amide bonds. The second-order valence-electron chi connectivity index (χ2n) is 13.2. The smallest absolute Gasteiger partial charge is 0.328 e. The van der Waals surface area contributed by atoms with E-state index in [2.05, 4.69) is 29.3 Å². The predicted octanol–water partition coefficient (Wildman–Crippen LogP) is 6.71. The lowest BCUT2D eigenvalue weighted by atomic mass is 9.92. The van der Waals surface area contributed by atoms with Gasteiger partial charge < -0.3 is 19.5 Å². The number of rotatable bonds is 10. The van der Waals surface area contributed by atoms with Crippen molar-refractivity contribution in [3.05, 3.63) is 58.5 Å². The quantitative estimate of drug-likeness (QED) is 0.247. The van der Waals surface area contributed by atoms with Crippen molar-refractivity contribution in [2.75, 3.05) is 31.6 Å². The molecule has 0 radical (unpaired) electrons. The van der Waals surface area contributed by atoms with E-state index in [0.717, 1.165) is 74.9 Å². The first-order valence-corrected chi connectivity index (χ1v) is 15.9. The number of nitrogens with one attached hydrogen (secondary N) is 1. The molecule has 2 saturated heterocycles. The van der Waals surface area contributed by atoms with E-state index in [9.17, 15) is 9.18 Å². The Bertz CT molecular complexity index is 1210. The number of esters is 1. The molecule has 3 aliphatic heterocycles. The van der Waals surface area contributed by atoms with Crippen molar-refractivity contribution >= 4 is 11.8 Å². The zero-order valence-corrected chi connectivity index (χ0v) is 25.8. The van der Waals surface area contributed by atoms with Gasteiger partial charge in [0.1, 0.15) is 23.3 Å². The highest BCUT2D eigenvalue weighted by atomic mass is 19.1. The summed E-state index contributed by atoms with van der Waals surface area (Å²) >= 11 is 0. The molecular formula is C34H48FN3O4. The summed E-state index contributed by atoms with van der Waals surface area (Å²) in [6.45, 7) is 10.4. The van der Waals surface area contributed by atoms with Gasteiger partial charge in [0.25, 0.3) is 0 Å². The van der Waals surface area contributed by atoms with Crippen molar-refractivity contribution < 1.29 is 23.4 Å². The highest BCUT2D eigenvalue weighted by Crippen LogP contribution is 2.38. The number of ether oxygens (including phenoxy) is 3. The van der Waals surface area contributed by atoms with Gasteiger partial charge in [0, 0.05) is 38.0 Å². The van der Waals surface area contributed by atoms with Crippen LogP contribution in [-0.4, -0.2) is 59.9 Å². The zero-order valence-electron chi connectivity index (χ0n) is 25.8. The lowest BCUT2D eigenvalue weighted by Crippen LogP contribution is -2.38. The van der Waals surface area contributed by atoms with E-state index in [1.165, 1.54) is 17.7 Å². The molecule has 0 saturated carbocycles. The van der Waals surface area contributed by atoms with Crippen molar-refractivity contribution in [3.63, 3.8) is 0 Å². The predicted molar refractivity (Wildman–Crippen MR) is 162 cm³/mol. The lowest BCUT2D eigenvalue weighted by molar-refractivity contribution is -0.161. The Morgan fingerprint density at radius 2 is 2.02 bits per heavy atom. The van der Waals surface area contributed by atoms with Crippen LogP contribution < -0.4 is 5.32 Å². The number of likely N-dealkylation sites (tertiary alicyclic amines) is 1. The molecule has 4 unspecified atom stereocenters. The number of carbonyl (C=O) groups excluding carboxylic acids is 1. The number of hydrogen-bond acceptors (Lipinski definition) is 7. The Balaban J connectivity index is 1.19. The van der Waals surface area contributed by atoms with Crippen molar-refractivity contribution in [3.8, 4) is 0 Å². The number of fused-ring (bicyclic) bond motifs is 1. The molecule has 4 heterocycles. The molecule has 1 aromatic heterocycles. The second kappa shape index (κ2) is 13.8. The van der Waals surface area contributed by atoms with Crippen LogP contribution in [0.4, 0.5) is 10.2 Å². The van der Waals surface area contributed by atoms with Gasteiger partial charge in [0.2, 0.25) is 0 Å². The van der Waals surface area contributed by atoms with Gasteiger partial charge in [0.15, 0.2) is 0 Å². The fraction of sp³-hybridized carbons (Fsp3) is 0.647. The molecule has 4 atom stereocenters. The molecule has 3 aliphatic rings. The molecule has 42 heavy (non-hydrogen) atoms. The number of aromatic nitrogens is 1. The van der Waals surface area contributed by atoms with Crippen LogP contribution >= 0.6 is 0 Å². The minimum Gasteiger partial charge on any atom is -0.459 e. The van der Waals surface area contributed by atoms with Gasteiger partial charge in [-0.2, -0.15) is 0 Å². The molecule has 8 heteroatoms. The molecule has 0 bridgehead atoms. The van der Waals surface area contributed by atoms with Crippen molar-refractivity contribution in [1.29, 1.82) is 0 Å². The fourth-order valence-corrected chi connectivity index (χ4v) is 6.35. The zero-order chi connectivity index (χ0) is 29.7. The Morgan fingerprint density at radius 3 is 2.81 bits per heavy atom. The van der Waals surface area contributed by atoms with Crippen LogP contribution in [-0.2, 0) is 31.8 Å². The Kier molecular flexibility index (Phi) is 10.2. The van der Waals surface area contributed by atoms with Crippen molar-refractivity contribution in [2.45, 2.75) is 115 Å². The topological polar surface area (TPSA) is 72.9 Å². The molecule has 230 valence electrons. The number of aryl methyl sites for hydroxylation is 2. The van der Waals surface area contributed by atoms with Crippen LogP contribution in [0.15, 0.2) is 30.3 Å². The van der Waals surface area contributed by atoms with Crippen molar-refractivity contribution in [2.24, 2.45) is 0 Å². The van der Waals surface area contributed by atoms with E-state index in [1.807, 2.05) is 20.8 Å². The van der Waals surface area contributed by atoms with Crippen LogP contribution in [0.25, 0.3) is 0 Å². The average Bonchev–Trinajstić information content (AvgIpc) is 3.40. The van der Waals surface area contributed by atoms with Gasteiger partial charge in [-0.3, -0.25) is 4.90 Å². The Morgan fingerprint density at radius 1 is 1.17 bits per heavy atom. The van der Waals surface area contributed by atoms with E-state index in [4.69, 9.17) is 19.2 Å². The highest BCUT2D eigenvalue weighted by molar-refractivity contribution is 5.79. The minimum atomic E-state index is -0.708. The van der Waals surface area contributed by atoms with E-state index in [1.54, 1.807) is 6.07 Å². The minimum absolute atomic E-state index is 0.0189. The maximum atomic E-state index is 14.7. The number of anilines is 1. The molecule has 7 nitrogen and oxygen atoms in total. The first kappa shape index (κ1) is 30.9. The summed E-state index contributed by atoms with van der Waals surface area (Å²) in [5.74, 6) is 0.334. The number of nitrogens with zero attached hydrogens (tertiary/aromatic N) is 2. The van der Waals surface area contributed by atoms with Crippen molar-refractivity contribution in [1.82, 2.24) is 9.88 Å². The SMILES string of the molecule is CC1CCc2ccc(CCCCOC3CCN(C(C(=O)OC(C)(C)C)c4cc(F)ccc4C4CCCCO4)C3)nc2N1. The normalized spacial score (nSPS) is 23.7. The molecule has 0 spiro atoms. The summed E-state index contributed by atoms with van der Waals surface area (Å²) in [6.07, 6.45) is 8.76. The molecular weight excluding hydrogens is 533 g/mol. The monoisotopic (exact) mass is 581 g/mol. The van der Waals surface area contributed by atoms with E-state index in [0.29, 0.717) is 37.9 Å². The summed E-state index contributed by atoms with van der Waals surface area (Å²) in [5, 5.41) is 3.51. The molecule has 1 N–H and O–H groups in total. The van der Waals surface area contributed by atoms with Crippen LogP contribution in [0, 0.1) is 5.82 Å². The largest absolute Gasteiger partial charge is 0.459 e. The summed E-state index contributed by atoms with van der Waals surface area (Å²) in [6, 6.07) is 8.89. The number of halogens is 1. The van der Waals surface area contributed by atoms with E-state index >= 15 is 0 Å². The van der Waals surface area contributed by atoms with Gasteiger partial charge in [-0.15, -0.1) is 0 Å². The van der Waals surface area contributed by atoms with Crippen LogP contribution in [0.1, 0.15) is 107 Å². The molecule has 0 aliphatic carbocycles. The molecule has 2 fully saturated rings. The number of pyridine rings is 1. The van der Waals surface area contributed by atoms with Gasteiger partial charge in [0.05, 0.1) is 12.2 Å². The van der Waals surface area contributed by atoms with Gasteiger partial charge in [-0.25, -0.2) is 14.2 Å². The molecule has 1 aromatic carbocycles. The second-order valence-corrected chi connectivity index (χ2v) is 13.2. The lowest BCUT2D eigenvalue weighted by Gasteiger charge is -2.33. The summed E-state index contributed by atoms with van der Waals surface area (Å²) in [4.78, 5) is 20.6. The maximum Gasteiger partial charge on any atom is 0.328 e. The summed E-state index contributed by atoms with van der Waals surface area (Å²) in [7, 11) is 0. The first-order chi connectivity index (χ1) is 20.2. The Hall–Kier alpha value is -2.55. The standard InChI is InChI=1S/C34H48FN3O4/c1-23-11-12-24-13-15-26(37-32(24)36-23)9-5-7-19-40-27-17-18-38(22-27)31(33(39)42-34(2,3)4)29-21-25(35)14-16-28(29)30-10-6-8-20-41-30/h13-16,21,23,27,30-31H,5-12,17-20,22H2,1-4H3,(H,36,37). The highest BCUT2D eigenvalue weighted by Gasteiger charge is 2.39. The summed E-state index contributed by atoms with van der Waals surface area (Å²) in [5.41, 5.74) is 3.32. The van der Waals surface area contributed by atoms with Gasteiger partial charge in [-0.1, -0.05) is 12.1 Å². The Labute approximate surface area is 250 Å². The van der Waals surface area contributed by atoms with E-state index < -0.39 is 11.6 Å². The third kappa shape index (κ3) is 8.08. The van der Waals surface area contributed by atoms with Crippen LogP contribution in [0.2, 0.25) is 0 Å². The first-order valence-electron chi connectivity index (χ1n) is 15.9. The molecule has 2 aromatic rings. The van der Waals surface area contributed by atoms with Gasteiger partial charge >= 0.3 is 5.97 Å². The number of unbranched alkanes of at least 4 members (excludes halogenated alkanes) is 1. The van der Waals surface area contributed by atoms with Crippen LogP contribution in [0.3, 0.4) is 0 Å². The number of benzene rings is 1. The average molecular weight is 582 g/mol. The third-order valence-electron chi connectivity index (χ3n) is 8.49. The summed E-state index contributed by atoms with van der Waals surface area (Å²) < 4.78 is 32.9. The third-order valence-corrected chi connectivity index (χ3v) is 8.49. The van der Waals surface area contributed by atoms with Gasteiger partial charge in [-0.05, 0) is 120 Å².